The van der Waals surface area contributed by atoms with Crippen LogP contribution in [0.5, 0.6) is 0 Å². The molecule has 2 aliphatic rings. The lowest BCUT2D eigenvalue weighted by molar-refractivity contribution is -0.125. The van der Waals surface area contributed by atoms with Crippen LogP contribution in [0.25, 0.3) is 0 Å². The van der Waals surface area contributed by atoms with E-state index >= 15 is 0 Å². The largest absolute Gasteiger partial charge is 0.381 e. The Kier molecular flexibility index (Phi) is 6.48. The maximum Gasteiger partial charge on any atom is 0.251 e. The van der Waals surface area contributed by atoms with Gasteiger partial charge in [0, 0.05) is 30.5 Å². The standard InChI is InChI=1S/C25H30N2O3/c28-23(26-21-9-5-2-6-10-21)19-11-13-22(14-12-19)27-24(29)25(15-17-30-18-16-25)20-7-3-1-4-8-20/h1,3-4,7-8,11-14,21H,2,5-6,9-10,15-18H2,(H,26,28)(H,27,29). The van der Waals surface area contributed by atoms with Crippen molar-refractivity contribution in [3.8, 4) is 0 Å². The van der Waals surface area contributed by atoms with Crippen molar-refractivity contribution in [3.05, 3.63) is 65.7 Å². The Morgan fingerprint density at radius 1 is 0.867 bits per heavy atom. The van der Waals surface area contributed by atoms with Gasteiger partial charge in [-0.1, -0.05) is 49.6 Å². The van der Waals surface area contributed by atoms with Gasteiger partial charge in [-0.25, -0.2) is 0 Å². The zero-order chi connectivity index (χ0) is 20.8. The van der Waals surface area contributed by atoms with Crippen molar-refractivity contribution < 1.29 is 14.3 Å². The van der Waals surface area contributed by atoms with E-state index in [-0.39, 0.29) is 17.9 Å². The second-order valence-electron chi connectivity index (χ2n) is 8.40. The van der Waals surface area contributed by atoms with Crippen LogP contribution in [0.1, 0.15) is 60.9 Å². The van der Waals surface area contributed by atoms with E-state index in [1.54, 1.807) is 12.1 Å². The number of benzene rings is 2. The van der Waals surface area contributed by atoms with Gasteiger partial charge in [0.15, 0.2) is 0 Å². The molecule has 1 saturated carbocycles. The number of rotatable bonds is 5. The molecule has 2 N–H and O–H groups in total. The summed E-state index contributed by atoms with van der Waals surface area (Å²) < 4.78 is 5.53. The van der Waals surface area contributed by atoms with Crippen LogP contribution in [0.3, 0.4) is 0 Å². The third-order valence-corrected chi connectivity index (χ3v) is 6.45. The van der Waals surface area contributed by atoms with Crippen LogP contribution in [0.2, 0.25) is 0 Å². The van der Waals surface area contributed by atoms with Gasteiger partial charge in [-0.05, 0) is 55.5 Å². The molecule has 1 aliphatic carbocycles. The SMILES string of the molecule is O=C(NC1CCCCC1)c1ccc(NC(=O)C2(c3ccccc3)CCOCC2)cc1. The zero-order valence-corrected chi connectivity index (χ0v) is 17.4. The Morgan fingerprint density at radius 3 is 2.20 bits per heavy atom. The number of amides is 2. The van der Waals surface area contributed by atoms with Gasteiger partial charge in [0.25, 0.3) is 5.91 Å². The smallest absolute Gasteiger partial charge is 0.251 e. The van der Waals surface area contributed by atoms with Crippen molar-refractivity contribution in [1.82, 2.24) is 5.32 Å². The lowest BCUT2D eigenvalue weighted by atomic mass is 9.73. The van der Waals surface area contributed by atoms with Gasteiger partial charge in [0.2, 0.25) is 5.91 Å². The summed E-state index contributed by atoms with van der Waals surface area (Å²) in [5.74, 6) is -0.0543. The molecule has 1 heterocycles. The first-order valence-electron chi connectivity index (χ1n) is 11.0. The molecule has 30 heavy (non-hydrogen) atoms. The second-order valence-corrected chi connectivity index (χ2v) is 8.40. The molecule has 0 atom stereocenters. The van der Waals surface area contributed by atoms with E-state index in [4.69, 9.17) is 4.74 Å². The number of carbonyl (C=O) groups excluding carboxylic acids is 2. The van der Waals surface area contributed by atoms with Gasteiger partial charge in [-0.3, -0.25) is 9.59 Å². The summed E-state index contributed by atoms with van der Waals surface area (Å²) in [6.07, 6.45) is 7.07. The number of hydrogen-bond acceptors (Lipinski definition) is 3. The van der Waals surface area contributed by atoms with Crippen molar-refractivity contribution in [2.75, 3.05) is 18.5 Å². The molecule has 2 aromatic carbocycles. The third-order valence-electron chi connectivity index (χ3n) is 6.45. The van der Waals surface area contributed by atoms with Gasteiger partial charge >= 0.3 is 0 Å². The van der Waals surface area contributed by atoms with Crippen LogP contribution in [0.4, 0.5) is 5.69 Å². The molecule has 5 nitrogen and oxygen atoms in total. The Labute approximate surface area is 178 Å². The summed E-state index contributed by atoms with van der Waals surface area (Å²) in [7, 11) is 0. The molecule has 5 heteroatoms. The minimum Gasteiger partial charge on any atom is -0.381 e. The highest BCUT2D eigenvalue weighted by molar-refractivity contribution is 6.00. The number of carbonyl (C=O) groups is 2. The molecule has 0 unspecified atom stereocenters. The lowest BCUT2D eigenvalue weighted by Gasteiger charge is -2.36. The van der Waals surface area contributed by atoms with Crippen molar-refractivity contribution in [2.24, 2.45) is 0 Å². The van der Waals surface area contributed by atoms with Crippen molar-refractivity contribution in [3.63, 3.8) is 0 Å². The van der Waals surface area contributed by atoms with E-state index in [0.29, 0.717) is 37.3 Å². The highest BCUT2D eigenvalue weighted by atomic mass is 16.5. The zero-order valence-electron chi connectivity index (χ0n) is 17.4. The van der Waals surface area contributed by atoms with Crippen LogP contribution >= 0.6 is 0 Å². The van der Waals surface area contributed by atoms with Crippen molar-refractivity contribution in [2.45, 2.75) is 56.4 Å². The first-order valence-corrected chi connectivity index (χ1v) is 11.0. The van der Waals surface area contributed by atoms with Crippen molar-refractivity contribution in [1.29, 1.82) is 0 Å². The first kappa shape index (κ1) is 20.6. The molecular weight excluding hydrogens is 376 g/mol. The van der Waals surface area contributed by atoms with E-state index in [1.165, 1.54) is 19.3 Å². The average Bonchev–Trinajstić information content (AvgIpc) is 2.81. The maximum absolute atomic E-state index is 13.3. The summed E-state index contributed by atoms with van der Waals surface area (Å²) in [6.45, 7) is 1.14. The Morgan fingerprint density at radius 2 is 1.53 bits per heavy atom. The van der Waals surface area contributed by atoms with Crippen LogP contribution in [0.15, 0.2) is 54.6 Å². The third kappa shape index (κ3) is 4.57. The fourth-order valence-electron chi connectivity index (χ4n) is 4.60. The Hall–Kier alpha value is -2.66. The van der Waals surface area contributed by atoms with Crippen LogP contribution in [-0.2, 0) is 14.9 Å². The number of anilines is 1. The number of hydrogen-bond donors (Lipinski definition) is 2. The van der Waals surface area contributed by atoms with Gasteiger partial charge in [-0.15, -0.1) is 0 Å². The molecule has 0 spiro atoms. The topological polar surface area (TPSA) is 67.4 Å². The molecule has 158 valence electrons. The van der Waals surface area contributed by atoms with E-state index in [1.807, 2.05) is 42.5 Å². The molecular formula is C25H30N2O3. The van der Waals surface area contributed by atoms with E-state index in [0.717, 1.165) is 18.4 Å². The number of ether oxygens (including phenoxy) is 1. The van der Waals surface area contributed by atoms with Crippen LogP contribution in [-0.4, -0.2) is 31.1 Å². The highest BCUT2D eigenvalue weighted by Gasteiger charge is 2.41. The van der Waals surface area contributed by atoms with E-state index in [9.17, 15) is 9.59 Å². The van der Waals surface area contributed by atoms with Crippen LogP contribution < -0.4 is 10.6 Å². The average molecular weight is 407 g/mol. The summed E-state index contributed by atoms with van der Waals surface area (Å²) in [5, 5.41) is 6.21. The van der Waals surface area contributed by atoms with Gasteiger partial charge < -0.3 is 15.4 Å². The predicted molar refractivity (Wildman–Crippen MR) is 118 cm³/mol. The summed E-state index contributed by atoms with van der Waals surface area (Å²) in [6, 6.07) is 17.4. The van der Waals surface area contributed by atoms with Crippen molar-refractivity contribution >= 4 is 17.5 Å². The Balaban J connectivity index is 1.44. The van der Waals surface area contributed by atoms with Gasteiger partial charge in [0.1, 0.15) is 0 Å². The second kappa shape index (κ2) is 9.43. The first-order chi connectivity index (χ1) is 14.7. The molecule has 4 rings (SSSR count). The summed E-state index contributed by atoms with van der Waals surface area (Å²) in [5.41, 5.74) is 1.77. The summed E-state index contributed by atoms with van der Waals surface area (Å²) in [4.78, 5) is 25.8. The molecule has 1 saturated heterocycles. The minimum absolute atomic E-state index is 0.0172. The predicted octanol–water partition coefficient (Wildman–Crippen LogP) is 4.44. The molecule has 0 radical (unpaired) electrons. The molecule has 0 bridgehead atoms. The minimum atomic E-state index is -0.587. The Bertz CT molecular complexity index is 852. The van der Waals surface area contributed by atoms with Gasteiger partial charge in [0.05, 0.1) is 5.41 Å². The fourth-order valence-corrected chi connectivity index (χ4v) is 4.60. The normalized spacial score (nSPS) is 19.1. The molecule has 1 aliphatic heterocycles. The molecule has 2 fully saturated rings. The summed E-state index contributed by atoms with van der Waals surface area (Å²) >= 11 is 0. The lowest BCUT2D eigenvalue weighted by Crippen LogP contribution is -2.44. The monoisotopic (exact) mass is 406 g/mol. The molecule has 2 aromatic rings. The number of nitrogens with one attached hydrogen (secondary N) is 2. The molecule has 2 amide bonds. The maximum atomic E-state index is 13.3. The quantitative estimate of drug-likeness (QED) is 0.772. The highest BCUT2D eigenvalue weighted by Crippen LogP contribution is 2.36. The molecule has 0 aromatic heterocycles. The van der Waals surface area contributed by atoms with E-state index in [2.05, 4.69) is 10.6 Å². The van der Waals surface area contributed by atoms with E-state index < -0.39 is 5.41 Å². The fraction of sp³-hybridized carbons (Fsp3) is 0.440. The van der Waals surface area contributed by atoms with Crippen LogP contribution in [0, 0.1) is 0 Å². The van der Waals surface area contributed by atoms with Gasteiger partial charge in [-0.2, -0.15) is 0 Å².